The number of halogens is 2. The lowest BCUT2D eigenvalue weighted by molar-refractivity contribution is -0.143. The molecule has 154 valence electrons. The van der Waals surface area contributed by atoms with Gasteiger partial charge in [0, 0.05) is 38.5 Å². The topological polar surface area (TPSA) is 59.1 Å². The number of benzene rings is 1. The first-order valence-electron chi connectivity index (χ1n) is 9.71. The number of piperidine rings is 1. The second-order valence-electron chi connectivity index (χ2n) is 7.12. The van der Waals surface area contributed by atoms with E-state index in [1.165, 1.54) is 12.1 Å². The number of aryl methyl sites for hydroxylation is 1. The summed E-state index contributed by atoms with van der Waals surface area (Å²) in [4.78, 5) is 28.7. The van der Waals surface area contributed by atoms with E-state index < -0.39 is 6.61 Å². The first kappa shape index (κ1) is 20.5. The van der Waals surface area contributed by atoms with Gasteiger partial charge in [-0.3, -0.25) is 9.59 Å². The zero-order chi connectivity index (χ0) is 19.9. The van der Waals surface area contributed by atoms with Crippen molar-refractivity contribution in [2.75, 3.05) is 39.4 Å². The lowest BCUT2D eigenvalue weighted by atomic mass is 9.94. The molecule has 0 bridgehead atoms. The van der Waals surface area contributed by atoms with Crippen LogP contribution in [0.2, 0.25) is 0 Å². The molecule has 1 aromatic rings. The third-order valence-electron chi connectivity index (χ3n) is 5.30. The number of ether oxygens (including phenoxy) is 2. The van der Waals surface area contributed by atoms with Crippen molar-refractivity contribution in [3.63, 3.8) is 0 Å². The molecule has 8 heteroatoms. The minimum absolute atomic E-state index is 0.00970. The van der Waals surface area contributed by atoms with Crippen molar-refractivity contribution in [2.24, 2.45) is 5.92 Å². The first-order valence-corrected chi connectivity index (χ1v) is 9.71. The molecule has 2 saturated heterocycles. The molecule has 0 spiro atoms. The maximum atomic E-state index is 12.5. The summed E-state index contributed by atoms with van der Waals surface area (Å²) in [5.74, 6) is 0.341. The molecule has 1 aromatic carbocycles. The van der Waals surface area contributed by atoms with Crippen LogP contribution in [0.3, 0.4) is 0 Å². The average molecular weight is 396 g/mol. The van der Waals surface area contributed by atoms with E-state index >= 15 is 0 Å². The van der Waals surface area contributed by atoms with Crippen molar-refractivity contribution < 1.29 is 27.8 Å². The highest BCUT2D eigenvalue weighted by Gasteiger charge is 2.30. The van der Waals surface area contributed by atoms with Gasteiger partial charge in [0.1, 0.15) is 5.75 Å². The van der Waals surface area contributed by atoms with Gasteiger partial charge in [0.15, 0.2) is 0 Å². The molecule has 2 heterocycles. The van der Waals surface area contributed by atoms with Crippen molar-refractivity contribution in [3.05, 3.63) is 29.8 Å². The van der Waals surface area contributed by atoms with E-state index in [9.17, 15) is 18.4 Å². The van der Waals surface area contributed by atoms with Crippen LogP contribution in [0.5, 0.6) is 5.75 Å². The predicted molar refractivity (Wildman–Crippen MR) is 98.1 cm³/mol. The normalized spacial score (nSPS) is 18.4. The van der Waals surface area contributed by atoms with Gasteiger partial charge >= 0.3 is 6.61 Å². The molecule has 0 radical (unpaired) electrons. The van der Waals surface area contributed by atoms with Crippen molar-refractivity contribution in [1.29, 1.82) is 0 Å². The predicted octanol–water partition coefficient (Wildman–Crippen LogP) is 2.32. The van der Waals surface area contributed by atoms with Crippen molar-refractivity contribution in [3.8, 4) is 5.75 Å². The van der Waals surface area contributed by atoms with Crippen LogP contribution in [0.1, 0.15) is 24.8 Å². The second kappa shape index (κ2) is 9.82. The Bertz CT molecular complexity index is 655. The largest absolute Gasteiger partial charge is 0.435 e. The lowest BCUT2D eigenvalue weighted by Crippen LogP contribution is -2.47. The number of nitrogens with zero attached hydrogens (tertiary/aromatic N) is 2. The molecule has 3 rings (SSSR count). The number of carbonyl (C=O) groups excluding carboxylic acids is 2. The summed E-state index contributed by atoms with van der Waals surface area (Å²) in [6, 6.07) is 6.35. The fourth-order valence-corrected chi connectivity index (χ4v) is 3.66. The molecular formula is C20H26F2N2O4. The molecule has 2 fully saturated rings. The van der Waals surface area contributed by atoms with E-state index in [1.54, 1.807) is 12.1 Å². The third-order valence-corrected chi connectivity index (χ3v) is 5.30. The molecule has 0 saturated carbocycles. The van der Waals surface area contributed by atoms with E-state index in [0.29, 0.717) is 65.1 Å². The van der Waals surface area contributed by atoms with Gasteiger partial charge in [0.05, 0.1) is 13.2 Å². The van der Waals surface area contributed by atoms with E-state index in [4.69, 9.17) is 4.74 Å². The molecule has 0 atom stereocenters. The molecular weight excluding hydrogens is 370 g/mol. The molecule has 2 amide bonds. The smallest absolute Gasteiger partial charge is 0.387 e. The summed E-state index contributed by atoms with van der Waals surface area (Å²) in [5.41, 5.74) is 0.896. The van der Waals surface area contributed by atoms with Gasteiger partial charge in [0.25, 0.3) is 0 Å². The number of morpholine rings is 1. The number of hydrogen-bond donors (Lipinski definition) is 0. The van der Waals surface area contributed by atoms with E-state index in [0.717, 1.165) is 5.56 Å². The van der Waals surface area contributed by atoms with Gasteiger partial charge < -0.3 is 19.3 Å². The summed E-state index contributed by atoms with van der Waals surface area (Å²) >= 11 is 0. The highest BCUT2D eigenvalue weighted by atomic mass is 19.3. The molecule has 0 aliphatic carbocycles. The van der Waals surface area contributed by atoms with Gasteiger partial charge in [-0.25, -0.2) is 0 Å². The molecule has 0 aromatic heterocycles. The summed E-state index contributed by atoms with van der Waals surface area (Å²) in [5, 5.41) is 0. The summed E-state index contributed by atoms with van der Waals surface area (Å²) in [6.45, 7) is 0.849. The maximum absolute atomic E-state index is 12.5. The van der Waals surface area contributed by atoms with E-state index in [1.807, 2.05) is 9.80 Å². The molecule has 2 aliphatic rings. The summed E-state index contributed by atoms with van der Waals surface area (Å²) in [6.07, 6.45) is 2.29. The Balaban J connectivity index is 1.40. The fourth-order valence-electron chi connectivity index (χ4n) is 3.66. The van der Waals surface area contributed by atoms with Crippen molar-refractivity contribution >= 4 is 11.8 Å². The number of likely N-dealkylation sites (tertiary alicyclic amines) is 1. The van der Waals surface area contributed by atoms with Crippen molar-refractivity contribution in [1.82, 2.24) is 9.80 Å². The van der Waals surface area contributed by atoms with Gasteiger partial charge in [-0.15, -0.1) is 0 Å². The van der Waals surface area contributed by atoms with Crippen LogP contribution >= 0.6 is 0 Å². The molecule has 0 N–H and O–H groups in total. The van der Waals surface area contributed by atoms with E-state index in [2.05, 4.69) is 4.74 Å². The first-order chi connectivity index (χ1) is 13.5. The average Bonchev–Trinajstić information content (AvgIpc) is 2.73. The number of carbonyl (C=O) groups is 2. The Labute approximate surface area is 163 Å². The molecule has 0 unspecified atom stereocenters. The lowest BCUT2D eigenvalue weighted by Gasteiger charge is -2.35. The fraction of sp³-hybridized carbons (Fsp3) is 0.600. The van der Waals surface area contributed by atoms with Gasteiger partial charge in [-0.2, -0.15) is 8.78 Å². The standard InChI is InChI=1S/C20H26F2N2O4/c21-20(22)28-17-4-1-15(2-5-17)3-6-18(25)23-9-7-16(8-10-23)19(26)24-11-13-27-14-12-24/h1-2,4-5,16,20H,3,6-14H2. The number of amides is 2. The zero-order valence-corrected chi connectivity index (χ0v) is 15.8. The Hall–Kier alpha value is -2.22. The highest BCUT2D eigenvalue weighted by Crippen LogP contribution is 2.22. The maximum Gasteiger partial charge on any atom is 0.387 e. The molecule has 2 aliphatic heterocycles. The van der Waals surface area contributed by atoms with Crippen LogP contribution in [0, 0.1) is 5.92 Å². The Morgan fingerprint density at radius 1 is 1.04 bits per heavy atom. The van der Waals surface area contributed by atoms with Gasteiger partial charge in [-0.05, 0) is 37.0 Å². The SMILES string of the molecule is O=C(CCc1ccc(OC(F)F)cc1)N1CCC(C(=O)N2CCOCC2)CC1. The Kier molecular flexibility index (Phi) is 7.19. The number of rotatable bonds is 6. The van der Waals surface area contributed by atoms with Crippen LogP contribution in [-0.4, -0.2) is 67.6 Å². The molecule has 28 heavy (non-hydrogen) atoms. The Morgan fingerprint density at radius 2 is 1.68 bits per heavy atom. The van der Waals surface area contributed by atoms with Gasteiger partial charge in [0.2, 0.25) is 11.8 Å². The molecule has 6 nitrogen and oxygen atoms in total. The van der Waals surface area contributed by atoms with Crippen LogP contribution in [0.25, 0.3) is 0 Å². The van der Waals surface area contributed by atoms with Crippen LogP contribution in [-0.2, 0) is 20.7 Å². The van der Waals surface area contributed by atoms with E-state index in [-0.39, 0.29) is 23.5 Å². The zero-order valence-electron chi connectivity index (χ0n) is 15.8. The minimum Gasteiger partial charge on any atom is -0.435 e. The number of hydrogen-bond acceptors (Lipinski definition) is 4. The Morgan fingerprint density at radius 3 is 2.29 bits per heavy atom. The number of alkyl halides is 2. The monoisotopic (exact) mass is 396 g/mol. The van der Waals surface area contributed by atoms with Crippen LogP contribution < -0.4 is 4.74 Å². The second-order valence-corrected chi connectivity index (χ2v) is 7.12. The van der Waals surface area contributed by atoms with Crippen LogP contribution in [0.4, 0.5) is 8.78 Å². The van der Waals surface area contributed by atoms with Crippen LogP contribution in [0.15, 0.2) is 24.3 Å². The quantitative estimate of drug-likeness (QED) is 0.741. The third kappa shape index (κ3) is 5.64. The summed E-state index contributed by atoms with van der Waals surface area (Å²) in [7, 11) is 0. The van der Waals surface area contributed by atoms with Gasteiger partial charge in [-0.1, -0.05) is 12.1 Å². The minimum atomic E-state index is -2.84. The highest BCUT2D eigenvalue weighted by molar-refractivity contribution is 5.80. The van der Waals surface area contributed by atoms with Crippen molar-refractivity contribution in [2.45, 2.75) is 32.3 Å². The summed E-state index contributed by atoms with van der Waals surface area (Å²) < 4.78 is 33.9.